The lowest BCUT2D eigenvalue weighted by atomic mass is 10.2. The van der Waals surface area contributed by atoms with Gasteiger partial charge in [-0.25, -0.2) is 0 Å². The van der Waals surface area contributed by atoms with Crippen molar-refractivity contribution in [2.75, 3.05) is 13.6 Å². The van der Waals surface area contributed by atoms with Crippen LogP contribution in [-0.4, -0.2) is 30.1 Å². The second-order valence-corrected chi connectivity index (χ2v) is 3.93. The Labute approximate surface area is 79.3 Å². The van der Waals surface area contributed by atoms with Crippen molar-refractivity contribution in [1.82, 2.24) is 4.90 Å². The molecular formula is C9H18N2O2. The average Bonchev–Trinajstić information content (AvgIpc) is 1.81. The number of carbonyl (C=O) groups excluding carboxylic acids is 1. The number of ether oxygens (including phenoxy) is 1. The number of esters is 1. The molecule has 0 spiro atoms. The lowest BCUT2D eigenvalue weighted by Crippen LogP contribution is -2.34. The molecule has 4 nitrogen and oxygen atoms in total. The van der Waals surface area contributed by atoms with E-state index < -0.39 is 5.60 Å². The van der Waals surface area contributed by atoms with Gasteiger partial charge in [0, 0.05) is 7.05 Å². The quantitative estimate of drug-likeness (QED) is 0.659. The molecule has 0 heterocycles. The minimum Gasteiger partial charge on any atom is -0.459 e. The molecule has 4 heteroatoms. The summed E-state index contributed by atoms with van der Waals surface area (Å²) in [5.41, 5.74) is 4.92. The molecule has 0 fully saturated rings. The van der Waals surface area contributed by atoms with Crippen LogP contribution in [0.2, 0.25) is 0 Å². The molecule has 0 radical (unpaired) electrons. The first kappa shape index (κ1) is 11.8. The largest absolute Gasteiger partial charge is 0.459 e. The van der Waals surface area contributed by atoms with Crippen LogP contribution in [-0.2, 0) is 9.53 Å². The molecule has 0 aliphatic heterocycles. The van der Waals surface area contributed by atoms with Gasteiger partial charge in [0.1, 0.15) is 12.1 Å². The fourth-order valence-electron chi connectivity index (χ4n) is 0.669. The molecule has 0 atom stereocenters. The Hall–Kier alpha value is -1.19. The summed E-state index contributed by atoms with van der Waals surface area (Å²) in [5, 5.41) is 0. The summed E-state index contributed by atoms with van der Waals surface area (Å²) in [7, 11) is 1.69. The molecule has 13 heavy (non-hydrogen) atoms. The van der Waals surface area contributed by atoms with E-state index in [0.29, 0.717) is 5.82 Å². The molecule has 0 aliphatic carbocycles. The first-order chi connectivity index (χ1) is 5.72. The molecule has 0 aliphatic rings. The van der Waals surface area contributed by atoms with Gasteiger partial charge in [0.25, 0.3) is 0 Å². The lowest BCUT2D eigenvalue weighted by Gasteiger charge is -2.23. The minimum atomic E-state index is -0.451. The Bertz CT molecular complexity index is 206. The van der Waals surface area contributed by atoms with Gasteiger partial charge in [-0.15, -0.1) is 0 Å². The maximum Gasteiger partial charge on any atom is 0.326 e. The SMILES string of the molecule is C=C(N)N(C)CC(=O)OC(C)(C)C. The molecule has 2 N–H and O–H groups in total. The van der Waals surface area contributed by atoms with Crippen molar-refractivity contribution in [3.8, 4) is 0 Å². The monoisotopic (exact) mass is 186 g/mol. The van der Waals surface area contributed by atoms with Crippen LogP contribution in [0.4, 0.5) is 0 Å². The highest BCUT2D eigenvalue weighted by Gasteiger charge is 2.17. The van der Waals surface area contributed by atoms with Crippen molar-refractivity contribution in [2.45, 2.75) is 26.4 Å². The summed E-state index contributed by atoms with van der Waals surface area (Å²) in [6.07, 6.45) is 0. The Morgan fingerprint density at radius 2 is 2.00 bits per heavy atom. The Morgan fingerprint density at radius 3 is 2.31 bits per heavy atom. The molecule has 76 valence electrons. The van der Waals surface area contributed by atoms with Crippen LogP contribution in [0.1, 0.15) is 20.8 Å². The van der Waals surface area contributed by atoms with E-state index in [1.807, 2.05) is 20.8 Å². The van der Waals surface area contributed by atoms with Gasteiger partial charge in [-0.05, 0) is 20.8 Å². The van der Waals surface area contributed by atoms with Crippen LogP contribution >= 0.6 is 0 Å². The maximum atomic E-state index is 11.2. The summed E-state index contributed by atoms with van der Waals surface area (Å²) in [6, 6.07) is 0. The normalized spacial score (nSPS) is 10.8. The number of hydrogen-bond acceptors (Lipinski definition) is 4. The fraction of sp³-hybridized carbons (Fsp3) is 0.667. The van der Waals surface area contributed by atoms with Gasteiger partial charge in [0.15, 0.2) is 0 Å². The second-order valence-electron chi connectivity index (χ2n) is 3.93. The molecular weight excluding hydrogens is 168 g/mol. The first-order valence-electron chi connectivity index (χ1n) is 4.10. The third-order valence-electron chi connectivity index (χ3n) is 1.28. The van der Waals surface area contributed by atoms with Crippen molar-refractivity contribution in [2.24, 2.45) is 5.73 Å². The molecule has 0 aromatic rings. The number of carbonyl (C=O) groups is 1. The summed E-state index contributed by atoms with van der Waals surface area (Å²) in [5.74, 6) is 0.0486. The predicted molar refractivity (Wildman–Crippen MR) is 51.8 cm³/mol. The minimum absolute atomic E-state index is 0.132. The van der Waals surface area contributed by atoms with Crippen molar-refractivity contribution in [3.05, 3.63) is 12.4 Å². The molecule has 0 unspecified atom stereocenters. The summed E-state index contributed by atoms with van der Waals surface area (Å²) in [6.45, 7) is 9.10. The topological polar surface area (TPSA) is 55.6 Å². The predicted octanol–water partition coefficient (Wildman–Crippen LogP) is 0.690. The standard InChI is InChI=1S/C9H18N2O2/c1-7(10)11(5)6-8(12)13-9(2,3)4/h1,6,10H2,2-5H3. The fourth-order valence-corrected chi connectivity index (χ4v) is 0.669. The summed E-state index contributed by atoms with van der Waals surface area (Å²) >= 11 is 0. The van der Waals surface area contributed by atoms with E-state index in [9.17, 15) is 4.79 Å². The second kappa shape index (κ2) is 4.16. The van der Waals surface area contributed by atoms with Crippen LogP contribution in [0.25, 0.3) is 0 Å². The smallest absolute Gasteiger partial charge is 0.326 e. The Morgan fingerprint density at radius 1 is 1.54 bits per heavy atom. The van der Waals surface area contributed by atoms with Gasteiger partial charge in [-0.2, -0.15) is 0 Å². The Balaban J connectivity index is 3.96. The van der Waals surface area contributed by atoms with E-state index in [0.717, 1.165) is 0 Å². The van der Waals surface area contributed by atoms with Crippen LogP contribution in [0.5, 0.6) is 0 Å². The van der Waals surface area contributed by atoms with Gasteiger partial charge in [0.2, 0.25) is 0 Å². The number of rotatable bonds is 3. The zero-order chi connectivity index (χ0) is 10.6. The average molecular weight is 186 g/mol. The van der Waals surface area contributed by atoms with Crippen LogP contribution in [0.3, 0.4) is 0 Å². The van der Waals surface area contributed by atoms with Gasteiger partial charge >= 0.3 is 5.97 Å². The highest BCUT2D eigenvalue weighted by molar-refractivity contribution is 5.72. The van der Waals surface area contributed by atoms with Crippen molar-refractivity contribution in [3.63, 3.8) is 0 Å². The maximum absolute atomic E-state index is 11.2. The third kappa shape index (κ3) is 6.02. The molecule has 0 bridgehead atoms. The van der Waals surface area contributed by atoms with Gasteiger partial charge in [0.05, 0.1) is 5.82 Å². The van der Waals surface area contributed by atoms with E-state index in [-0.39, 0.29) is 12.5 Å². The Kier molecular flexibility index (Phi) is 3.78. The highest BCUT2D eigenvalue weighted by atomic mass is 16.6. The van der Waals surface area contributed by atoms with E-state index in [4.69, 9.17) is 10.5 Å². The van der Waals surface area contributed by atoms with Crippen molar-refractivity contribution >= 4 is 5.97 Å². The van der Waals surface area contributed by atoms with Crippen LogP contribution in [0, 0.1) is 0 Å². The summed E-state index contributed by atoms with van der Waals surface area (Å²) < 4.78 is 5.08. The molecule has 0 aromatic carbocycles. The van der Waals surface area contributed by atoms with Crippen molar-refractivity contribution < 1.29 is 9.53 Å². The van der Waals surface area contributed by atoms with E-state index in [1.54, 1.807) is 7.05 Å². The van der Waals surface area contributed by atoms with Gasteiger partial charge in [-0.1, -0.05) is 6.58 Å². The molecule has 0 amide bonds. The summed E-state index contributed by atoms with van der Waals surface area (Å²) in [4.78, 5) is 12.7. The van der Waals surface area contributed by atoms with E-state index >= 15 is 0 Å². The first-order valence-corrected chi connectivity index (χ1v) is 4.10. The number of likely N-dealkylation sites (N-methyl/N-ethyl adjacent to an activating group) is 1. The molecule has 0 rings (SSSR count). The zero-order valence-corrected chi connectivity index (χ0v) is 8.76. The van der Waals surface area contributed by atoms with Crippen LogP contribution < -0.4 is 5.73 Å². The lowest BCUT2D eigenvalue weighted by molar-refractivity contribution is -0.155. The third-order valence-corrected chi connectivity index (χ3v) is 1.28. The number of nitrogens with two attached hydrogens (primary N) is 1. The molecule has 0 aromatic heterocycles. The van der Waals surface area contributed by atoms with E-state index in [1.165, 1.54) is 4.90 Å². The van der Waals surface area contributed by atoms with E-state index in [2.05, 4.69) is 6.58 Å². The molecule has 0 saturated heterocycles. The number of hydrogen-bond donors (Lipinski definition) is 1. The van der Waals surface area contributed by atoms with Crippen molar-refractivity contribution in [1.29, 1.82) is 0 Å². The van der Waals surface area contributed by atoms with Crippen LogP contribution in [0.15, 0.2) is 12.4 Å². The van der Waals surface area contributed by atoms with Gasteiger partial charge < -0.3 is 15.4 Å². The zero-order valence-electron chi connectivity index (χ0n) is 8.76. The number of nitrogens with zero attached hydrogens (tertiary/aromatic N) is 1. The van der Waals surface area contributed by atoms with Gasteiger partial charge in [-0.3, -0.25) is 4.79 Å². The molecule has 0 saturated carbocycles. The highest BCUT2D eigenvalue weighted by Crippen LogP contribution is 2.07.